The summed E-state index contributed by atoms with van der Waals surface area (Å²) in [6.45, 7) is 3.40. The van der Waals surface area contributed by atoms with Crippen molar-refractivity contribution in [1.82, 2.24) is 10.2 Å². The fraction of sp³-hybridized carbons (Fsp3) is 0.394. The maximum atomic E-state index is 14.3. The Kier molecular flexibility index (Phi) is 10.7. The van der Waals surface area contributed by atoms with E-state index in [0.29, 0.717) is 10.7 Å². The third kappa shape index (κ3) is 8.35. The van der Waals surface area contributed by atoms with Gasteiger partial charge in [-0.25, -0.2) is 8.42 Å². The van der Waals surface area contributed by atoms with Crippen molar-refractivity contribution in [1.29, 1.82) is 0 Å². The molecule has 1 saturated carbocycles. The summed E-state index contributed by atoms with van der Waals surface area (Å²) in [4.78, 5) is 29.8. The molecule has 0 saturated heterocycles. The highest BCUT2D eigenvalue weighted by atomic mass is 35.5. The Hall–Kier alpha value is -3.36. The number of rotatable bonds is 11. The van der Waals surface area contributed by atoms with E-state index in [1.165, 1.54) is 4.90 Å². The molecule has 0 radical (unpaired) electrons. The number of hydrogen-bond donors (Lipinski definition) is 1. The van der Waals surface area contributed by atoms with Crippen molar-refractivity contribution >= 4 is 39.1 Å². The van der Waals surface area contributed by atoms with Crippen molar-refractivity contribution < 1.29 is 18.0 Å². The summed E-state index contributed by atoms with van der Waals surface area (Å²) in [7, 11) is -3.83. The molecule has 7 nitrogen and oxygen atoms in total. The van der Waals surface area contributed by atoms with Gasteiger partial charge in [-0.05, 0) is 67.1 Å². The minimum absolute atomic E-state index is 0.0510. The topological polar surface area (TPSA) is 86.8 Å². The predicted octanol–water partition coefficient (Wildman–Crippen LogP) is 5.81. The number of hydrogen-bond acceptors (Lipinski definition) is 4. The lowest BCUT2D eigenvalue weighted by Gasteiger charge is -2.35. The van der Waals surface area contributed by atoms with Crippen LogP contribution in [0.15, 0.2) is 72.8 Å². The van der Waals surface area contributed by atoms with Crippen LogP contribution in [0.2, 0.25) is 5.02 Å². The Bertz CT molecular complexity index is 1490. The molecule has 0 bridgehead atoms. The molecular formula is C33H40ClN3O4S. The molecule has 0 aliphatic heterocycles. The summed E-state index contributed by atoms with van der Waals surface area (Å²) in [5, 5.41) is 3.73. The zero-order valence-corrected chi connectivity index (χ0v) is 26.1. The summed E-state index contributed by atoms with van der Waals surface area (Å²) >= 11 is 6.29. The third-order valence-electron chi connectivity index (χ3n) is 7.99. The van der Waals surface area contributed by atoms with E-state index in [9.17, 15) is 18.0 Å². The van der Waals surface area contributed by atoms with E-state index in [2.05, 4.69) is 5.32 Å². The molecule has 0 heterocycles. The number of sulfonamides is 1. The van der Waals surface area contributed by atoms with Crippen LogP contribution in [0.4, 0.5) is 5.69 Å². The molecule has 2 amide bonds. The lowest BCUT2D eigenvalue weighted by molar-refractivity contribution is -0.140. The molecule has 0 unspecified atom stereocenters. The molecule has 1 atom stereocenters. The predicted molar refractivity (Wildman–Crippen MR) is 169 cm³/mol. The van der Waals surface area contributed by atoms with Crippen LogP contribution >= 0.6 is 11.6 Å². The standard InChI is InChI=1S/C33H40ClN3O4S/c1-24-12-10-19-30(25(24)2)37(42(3,40)41)23-32(38)36(22-27-15-11-16-28(34)20-27)31(21-26-13-6-4-7-14-26)33(39)35-29-17-8-5-9-18-29/h4,6-7,10-16,19-20,29,31H,5,8-9,17-18,21-23H2,1-3H3,(H,35,39)/t31-/m0/s1. The number of amides is 2. The summed E-state index contributed by atoms with van der Waals surface area (Å²) in [6.07, 6.45) is 6.45. The Morgan fingerprint density at radius 1 is 0.929 bits per heavy atom. The van der Waals surface area contributed by atoms with Gasteiger partial charge in [-0.15, -0.1) is 0 Å². The SMILES string of the molecule is Cc1cccc(N(CC(=O)N(Cc2cccc(Cl)c2)[C@@H](Cc2ccccc2)C(=O)NC2CCCCC2)S(C)(=O)=O)c1C. The maximum Gasteiger partial charge on any atom is 0.244 e. The summed E-state index contributed by atoms with van der Waals surface area (Å²) in [5.74, 6) is -0.709. The molecule has 4 rings (SSSR count). The number of halogens is 1. The smallest absolute Gasteiger partial charge is 0.244 e. The first kappa shape index (κ1) is 31.6. The minimum Gasteiger partial charge on any atom is -0.352 e. The largest absolute Gasteiger partial charge is 0.352 e. The molecule has 1 aliphatic carbocycles. The highest BCUT2D eigenvalue weighted by molar-refractivity contribution is 7.92. The first-order valence-corrected chi connectivity index (χ1v) is 16.7. The summed E-state index contributed by atoms with van der Waals surface area (Å²) < 4.78 is 27.3. The highest BCUT2D eigenvalue weighted by Crippen LogP contribution is 2.26. The quantitative estimate of drug-likeness (QED) is 0.297. The van der Waals surface area contributed by atoms with Crippen LogP contribution in [-0.4, -0.2) is 50.0 Å². The third-order valence-corrected chi connectivity index (χ3v) is 9.35. The van der Waals surface area contributed by atoms with Crippen molar-refractivity contribution in [2.24, 2.45) is 0 Å². The number of anilines is 1. The zero-order valence-electron chi connectivity index (χ0n) is 24.6. The first-order valence-electron chi connectivity index (χ1n) is 14.4. The van der Waals surface area contributed by atoms with Gasteiger partial charge in [-0.2, -0.15) is 0 Å². The van der Waals surface area contributed by atoms with E-state index in [1.54, 1.807) is 30.3 Å². The van der Waals surface area contributed by atoms with Crippen LogP contribution < -0.4 is 9.62 Å². The molecule has 3 aromatic rings. The van der Waals surface area contributed by atoms with E-state index in [1.807, 2.05) is 56.3 Å². The molecule has 1 aliphatic rings. The van der Waals surface area contributed by atoms with Crippen molar-refractivity contribution in [2.75, 3.05) is 17.1 Å². The van der Waals surface area contributed by atoms with Gasteiger partial charge in [0.05, 0.1) is 11.9 Å². The molecule has 0 spiro atoms. The van der Waals surface area contributed by atoms with Crippen molar-refractivity contribution in [3.63, 3.8) is 0 Å². The number of carbonyl (C=O) groups is 2. The molecule has 0 aromatic heterocycles. The number of nitrogens with zero attached hydrogens (tertiary/aromatic N) is 2. The van der Waals surface area contributed by atoms with Gasteiger partial charge in [0.15, 0.2) is 0 Å². The lowest BCUT2D eigenvalue weighted by atomic mass is 9.94. The number of nitrogens with one attached hydrogen (secondary N) is 1. The number of aryl methyl sites for hydroxylation is 1. The summed E-state index contributed by atoms with van der Waals surface area (Å²) in [6, 6.07) is 21.3. The van der Waals surface area contributed by atoms with E-state index in [-0.39, 0.29) is 24.9 Å². The minimum atomic E-state index is -3.83. The van der Waals surface area contributed by atoms with E-state index < -0.39 is 28.5 Å². The number of benzene rings is 3. The Balaban J connectivity index is 1.74. The number of carbonyl (C=O) groups excluding carboxylic acids is 2. The second-order valence-electron chi connectivity index (χ2n) is 11.2. The van der Waals surface area contributed by atoms with E-state index in [4.69, 9.17) is 11.6 Å². The fourth-order valence-electron chi connectivity index (χ4n) is 5.53. The molecule has 1 fully saturated rings. The fourth-order valence-corrected chi connectivity index (χ4v) is 6.64. The Labute approximate surface area is 254 Å². The van der Waals surface area contributed by atoms with E-state index in [0.717, 1.165) is 64.9 Å². The van der Waals surface area contributed by atoms with Crippen molar-refractivity contribution in [2.45, 2.75) is 71.0 Å². The molecule has 1 N–H and O–H groups in total. The van der Waals surface area contributed by atoms with Gasteiger partial charge in [0, 0.05) is 24.0 Å². The van der Waals surface area contributed by atoms with Gasteiger partial charge in [0.1, 0.15) is 12.6 Å². The first-order chi connectivity index (χ1) is 20.0. The average Bonchev–Trinajstić information content (AvgIpc) is 2.95. The molecular weight excluding hydrogens is 570 g/mol. The maximum absolute atomic E-state index is 14.3. The Morgan fingerprint density at radius 3 is 2.26 bits per heavy atom. The second kappa shape index (κ2) is 14.2. The van der Waals surface area contributed by atoms with Crippen LogP contribution in [0, 0.1) is 13.8 Å². The van der Waals surface area contributed by atoms with Crippen LogP contribution in [0.25, 0.3) is 0 Å². The van der Waals surface area contributed by atoms with Crippen LogP contribution in [-0.2, 0) is 32.6 Å². The highest BCUT2D eigenvalue weighted by Gasteiger charge is 2.34. The van der Waals surface area contributed by atoms with Gasteiger partial charge in [-0.1, -0.05) is 85.5 Å². The monoisotopic (exact) mass is 609 g/mol. The summed E-state index contributed by atoms with van der Waals surface area (Å²) in [5.41, 5.74) is 3.78. The molecule has 9 heteroatoms. The van der Waals surface area contributed by atoms with Gasteiger partial charge in [0.25, 0.3) is 0 Å². The Morgan fingerprint density at radius 2 is 1.60 bits per heavy atom. The normalized spacial score (nSPS) is 14.7. The van der Waals surface area contributed by atoms with Crippen molar-refractivity contribution in [3.8, 4) is 0 Å². The van der Waals surface area contributed by atoms with Crippen LogP contribution in [0.3, 0.4) is 0 Å². The molecule has 224 valence electrons. The lowest BCUT2D eigenvalue weighted by Crippen LogP contribution is -2.55. The molecule has 3 aromatic carbocycles. The van der Waals surface area contributed by atoms with Crippen molar-refractivity contribution in [3.05, 3.63) is 100 Å². The zero-order chi connectivity index (χ0) is 30.3. The van der Waals surface area contributed by atoms with Gasteiger partial charge >= 0.3 is 0 Å². The van der Waals surface area contributed by atoms with E-state index >= 15 is 0 Å². The van der Waals surface area contributed by atoms with Gasteiger partial charge in [0.2, 0.25) is 21.8 Å². The van der Waals surface area contributed by atoms with Gasteiger partial charge in [-0.3, -0.25) is 13.9 Å². The van der Waals surface area contributed by atoms with Gasteiger partial charge < -0.3 is 10.2 Å². The second-order valence-corrected chi connectivity index (χ2v) is 13.5. The van der Waals surface area contributed by atoms with Crippen LogP contribution in [0.1, 0.15) is 54.4 Å². The molecule has 42 heavy (non-hydrogen) atoms. The van der Waals surface area contributed by atoms with Crippen LogP contribution in [0.5, 0.6) is 0 Å². The average molecular weight is 610 g/mol.